The average molecular weight is 515 g/mol. The molecule has 2 aliphatic rings. The first-order chi connectivity index (χ1) is 17.2. The van der Waals surface area contributed by atoms with Gasteiger partial charge in [0.25, 0.3) is 0 Å². The minimum absolute atomic E-state index is 0.0517. The van der Waals surface area contributed by atoms with Gasteiger partial charge in [0.2, 0.25) is 15.9 Å². The number of carbonyl (C=O) groups is 1. The second-order valence-corrected chi connectivity index (χ2v) is 12.2. The van der Waals surface area contributed by atoms with Gasteiger partial charge in [-0.1, -0.05) is 62.6 Å². The van der Waals surface area contributed by atoms with Crippen LogP contribution in [0.2, 0.25) is 0 Å². The van der Waals surface area contributed by atoms with E-state index in [1.54, 1.807) is 30.0 Å². The predicted octanol–water partition coefficient (Wildman–Crippen LogP) is 4.16. The lowest BCUT2D eigenvalue weighted by Gasteiger charge is -2.38. The standard InChI is InChI=1S/C28H38N2O5S/c1-20-17-30(21(2)19-31)36(33,34)27-15-14-24(22-10-6-4-7-11-22)16-25(27)35-26(20)18-29(3)28(32)23-12-8-5-9-13-23/h4,6-7,10-11,14-16,20-21,23,26,31H,5,8-9,12-13,17-19H2,1-3H3/t20-,21-,26-/m1/s1. The second-order valence-electron chi connectivity index (χ2n) is 10.3. The van der Waals surface area contributed by atoms with Crippen molar-refractivity contribution in [2.75, 3.05) is 26.7 Å². The fourth-order valence-electron chi connectivity index (χ4n) is 5.27. The van der Waals surface area contributed by atoms with Crippen LogP contribution in [-0.2, 0) is 14.8 Å². The molecule has 7 nitrogen and oxygen atoms in total. The Labute approximate surface area is 215 Å². The van der Waals surface area contributed by atoms with Crippen LogP contribution in [0.15, 0.2) is 53.4 Å². The number of likely N-dealkylation sites (N-methyl/N-ethyl adjacent to an activating group) is 1. The Hall–Kier alpha value is -2.42. The van der Waals surface area contributed by atoms with E-state index in [0.29, 0.717) is 6.54 Å². The van der Waals surface area contributed by atoms with Crippen LogP contribution in [-0.4, -0.2) is 67.5 Å². The van der Waals surface area contributed by atoms with Crippen molar-refractivity contribution < 1.29 is 23.1 Å². The van der Waals surface area contributed by atoms with E-state index in [9.17, 15) is 18.3 Å². The topological polar surface area (TPSA) is 87.2 Å². The number of rotatable bonds is 6. The molecule has 2 aromatic rings. The molecule has 1 aliphatic heterocycles. The van der Waals surface area contributed by atoms with Crippen LogP contribution in [0.4, 0.5) is 0 Å². The van der Waals surface area contributed by atoms with E-state index in [4.69, 9.17) is 4.74 Å². The number of nitrogens with zero attached hydrogens (tertiary/aromatic N) is 2. The largest absolute Gasteiger partial charge is 0.487 e. The van der Waals surface area contributed by atoms with E-state index in [1.165, 1.54) is 10.7 Å². The lowest BCUT2D eigenvalue weighted by Crippen LogP contribution is -2.50. The molecule has 0 spiro atoms. The Balaban J connectivity index is 1.70. The first-order valence-electron chi connectivity index (χ1n) is 13.0. The Morgan fingerprint density at radius 2 is 1.81 bits per heavy atom. The molecule has 196 valence electrons. The molecule has 0 aromatic heterocycles. The molecule has 0 unspecified atom stereocenters. The molecule has 1 amide bonds. The molecule has 0 bridgehead atoms. The van der Waals surface area contributed by atoms with E-state index >= 15 is 0 Å². The highest BCUT2D eigenvalue weighted by molar-refractivity contribution is 7.89. The molecule has 4 rings (SSSR count). The smallest absolute Gasteiger partial charge is 0.247 e. The number of carbonyl (C=O) groups excluding carboxylic acids is 1. The number of hydrogen-bond acceptors (Lipinski definition) is 5. The van der Waals surface area contributed by atoms with Gasteiger partial charge in [-0.25, -0.2) is 8.42 Å². The van der Waals surface area contributed by atoms with Gasteiger partial charge >= 0.3 is 0 Å². The highest BCUT2D eigenvalue weighted by Gasteiger charge is 2.39. The zero-order chi connectivity index (χ0) is 25.9. The summed E-state index contributed by atoms with van der Waals surface area (Å²) in [4.78, 5) is 15.0. The number of benzene rings is 2. The number of sulfonamides is 1. The van der Waals surface area contributed by atoms with Gasteiger partial charge in [0.15, 0.2) is 0 Å². The fourth-order valence-corrected chi connectivity index (χ4v) is 7.10. The van der Waals surface area contributed by atoms with Crippen LogP contribution in [0.5, 0.6) is 5.75 Å². The van der Waals surface area contributed by atoms with Crippen molar-refractivity contribution in [3.63, 3.8) is 0 Å². The summed E-state index contributed by atoms with van der Waals surface area (Å²) < 4.78 is 35.2. The summed E-state index contributed by atoms with van der Waals surface area (Å²) in [6, 6.07) is 14.3. The number of fused-ring (bicyclic) bond motifs is 1. The lowest BCUT2D eigenvalue weighted by molar-refractivity contribution is -0.136. The lowest BCUT2D eigenvalue weighted by atomic mass is 9.88. The number of hydrogen-bond donors (Lipinski definition) is 1. The maximum atomic E-state index is 13.7. The number of amides is 1. The molecule has 36 heavy (non-hydrogen) atoms. The third kappa shape index (κ3) is 5.61. The fraction of sp³-hybridized carbons (Fsp3) is 0.536. The Morgan fingerprint density at radius 1 is 1.11 bits per heavy atom. The summed E-state index contributed by atoms with van der Waals surface area (Å²) in [5.41, 5.74) is 1.81. The second kappa shape index (κ2) is 11.3. The molecule has 1 heterocycles. The Bertz CT molecular complexity index is 1150. The van der Waals surface area contributed by atoms with Crippen molar-refractivity contribution in [3.8, 4) is 16.9 Å². The zero-order valence-corrected chi connectivity index (χ0v) is 22.3. The predicted molar refractivity (Wildman–Crippen MR) is 140 cm³/mol. The molecule has 8 heteroatoms. The van der Waals surface area contributed by atoms with E-state index < -0.39 is 22.2 Å². The molecular weight excluding hydrogens is 476 g/mol. The van der Waals surface area contributed by atoms with E-state index in [0.717, 1.165) is 36.8 Å². The SMILES string of the molecule is C[C@@H]1CN([C@H](C)CO)S(=O)(=O)c2ccc(-c3ccccc3)cc2O[C@@H]1CN(C)C(=O)C1CCCCC1. The van der Waals surface area contributed by atoms with Crippen LogP contribution in [0.25, 0.3) is 11.1 Å². The first kappa shape index (κ1) is 26.6. The summed E-state index contributed by atoms with van der Waals surface area (Å²) in [6.07, 6.45) is 4.80. The third-order valence-electron chi connectivity index (χ3n) is 7.56. The van der Waals surface area contributed by atoms with Gasteiger partial charge in [-0.05, 0) is 43.0 Å². The van der Waals surface area contributed by atoms with Crippen LogP contribution in [0.3, 0.4) is 0 Å². The number of aliphatic hydroxyl groups excluding tert-OH is 1. The van der Waals surface area contributed by atoms with Crippen molar-refractivity contribution >= 4 is 15.9 Å². The van der Waals surface area contributed by atoms with Gasteiger partial charge in [-0.3, -0.25) is 4.79 Å². The molecule has 1 fully saturated rings. The Kier molecular flexibility index (Phi) is 8.37. The van der Waals surface area contributed by atoms with Gasteiger partial charge in [-0.2, -0.15) is 4.31 Å². The molecule has 1 N–H and O–H groups in total. The van der Waals surface area contributed by atoms with Gasteiger partial charge in [0.05, 0.1) is 13.2 Å². The zero-order valence-electron chi connectivity index (χ0n) is 21.5. The third-order valence-corrected chi connectivity index (χ3v) is 9.58. The normalized spacial score (nSPS) is 23.6. The van der Waals surface area contributed by atoms with Crippen molar-refractivity contribution in [1.82, 2.24) is 9.21 Å². The monoisotopic (exact) mass is 514 g/mol. The maximum Gasteiger partial charge on any atom is 0.247 e. The van der Waals surface area contributed by atoms with Crippen molar-refractivity contribution in [2.45, 2.75) is 63.0 Å². The van der Waals surface area contributed by atoms with Gasteiger partial charge in [0.1, 0.15) is 16.7 Å². The van der Waals surface area contributed by atoms with E-state index in [-0.39, 0.29) is 41.5 Å². The summed E-state index contributed by atoms with van der Waals surface area (Å²) in [6.45, 7) is 3.93. The minimum Gasteiger partial charge on any atom is -0.487 e. The van der Waals surface area contributed by atoms with Crippen LogP contribution < -0.4 is 4.74 Å². The molecule has 1 saturated carbocycles. The summed E-state index contributed by atoms with van der Waals surface area (Å²) >= 11 is 0. The molecular formula is C28H38N2O5S. The van der Waals surface area contributed by atoms with Crippen LogP contribution >= 0.6 is 0 Å². The van der Waals surface area contributed by atoms with Crippen molar-refractivity contribution in [1.29, 1.82) is 0 Å². The molecule has 2 aromatic carbocycles. The first-order valence-corrected chi connectivity index (χ1v) is 14.4. The summed E-state index contributed by atoms with van der Waals surface area (Å²) in [5, 5.41) is 9.85. The summed E-state index contributed by atoms with van der Waals surface area (Å²) in [7, 11) is -2.09. The van der Waals surface area contributed by atoms with Gasteiger partial charge in [-0.15, -0.1) is 0 Å². The molecule has 1 aliphatic carbocycles. The average Bonchev–Trinajstić information content (AvgIpc) is 2.90. The van der Waals surface area contributed by atoms with Gasteiger partial charge < -0.3 is 14.7 Å². The van der Waals surface area contributed by atoms with Crippen LogP contribution in [0, 0.1) is 11.8 Å². The van der Waals surface area contributed by atoms with E-state index in [2.05, 4.69) is 0 Å². The van der Waals surface area contributed by atoms with Gasteiger partial charge in [0, 0.05) is 31.5 Å². The minimum atomic E-state index is -3.90. The highest BCUT2D eigenvalue weighted by atomic mass is 32.2. The Morgan fingerprint density at radius 3 is 2.47 bits per heavy atom. The quantitative estimate of drug-likeness (QED) is 0.626. The number of ether oxygens (including phenoxy) is 1. The van der Waals surface area contributed by atoms with Crippen LogP contribution in [0.1, 0.15) is 46.0 Å². The van der Waals surface area contributed by atoms with Crippen molar-refractivity contribution in [2.24, 2.45) is 11.8 Å². The molecule has 0 radical (unpaired) electrons. The van der Waals surface area contributed by atoms with E-state index in [1.807, 2.05) is 44.3 Å². The van der Waals surface area contributed by atoms with Crippen molar-refractivity contribution in [3.05, 3.63) is 48.5 Å². The number of aliphatic hydroxyl groups is 1. The highest BCUT2D eigenvalue weighted by Crippen LogP contribution is 2.36. The molecule has 3 atom stereocenters. The molecule has 0 saturated heterocycles. The summed E-state index contributed by atoms with van der Waals surface area (Å²) in [5.74, 6) is 0.264. The maximum absolute atomic E-state index is 13.7.